The van der Waals surface area contributed by atoms with E-state index in [9.17, 15) is 0 Å². The SMILES string of the molecule is c1ccc(CCNCCCNC[C@@H]2CC[C@H](n3cc(-c4nc(Oc5ccccc5)cs4)c4cncnc43)C2)cc1. The summed E-state index contributed by atoms with van der Waals surface area (Å²) in [4.78, 5) is 13.8. The first kappa shape index (κ1) is 26.6. The van der Waals surface area contributed by atoms with Crippen molar-refractivity contribution in [1.82, 2.24) is 30.2 Å². The Hall–Kier alpha value is -3.59. The second-order valence-electron chi connectivity index (χ2n) is 10.5. The number of ether oxygens (including phenoxy) is 1. The maximum absolute atomic E-state index is 5.96. The van der Waals surface area contributed by atoms with Gasteiger partial charge in [-0.3, -0.25) is 0 Å². The van der Waals surface area contributed by atoms with Gasteiger partial charge in [0.2, 0.25) is 5.88 Å². The molecule has 7 nitrogen and oxygen atoms in total. The fourth-order valence-corrected chi connectivity index (χ4v) is 6.36. The average molecular weight is 553 g/mol. The summed E-state index contributed by atoms with van der Waals surface area (Å²) in [6.07, 6.45) is 11.6. The van der Waals surface area contributed by atoms with E-state index in [0.717, 1.165) is 72.8 Å². The predicted molar refractivity (Wildman–Crippen MR) is 162 cm³/mol. The zero-order valence-electron chi connectivity index (χ0n) is 22.7. The maximum Gasteiger partial charge on any atom is 0.230 e. The molecule has 0 amide bonds. The van der Waals surface area contributed by atoms with Crippen molar-refractivity contribution >= 4 is 22.4 Å². The van der Waals surface area contributed by atoms with Gasteiger partial charge in [-0.1, -0.05) is 48.5 Å². The zero-order chi connectivity index (χ0) is 27.0. The molecule has 8 heteroatoms. The van der Waals surface area contributed by atoms with Gasteiger partial charge in [-0.25, -0.2) is 15.0 Å². The van der Waals surface area contributed by atoms with Gasteiger partial charge in [0.1, 0.15) is 22.7 Å². The summed E-state index contributed by atoms with van der Waals surface area (Å²) in [5.41, 5.74) is 3.46. The molecule has 5 aromatic rings. The Morgan fingerprint density at radius 1 is 0.950 bits per heavy atom. The average Bonchev–Trinajstić information content (AvgIpc) is 3.74. The van der Waals surface area contributed by atoms with E-state index in [1.54, 1.807) is 17.7 Å². The van der Waals surface area contributed by atoms with Crippen LogP contribution in [0.15, 0.2) is 84.8 Å². The molecule has 1 aliphatic carbocycles. The molecule has 0 aliphatic heterocycles. The van der Waals surface area contributed by atoms with Crippen molar-refractivity contribution < 1.29 is 4.74 Å². The summed E-state index contributed by atoms with van der Waals surface area (Å²) in [5.74, 6) is 2.09. The van der Waals surface area contributed by atoms with E-state index in [1.807, 2.05) is 41.9 Å². The summed E-state index contributed by atoms with van der Waals surface area (Å²) in [6.45, 7) is 4.22. The number of para-hydroxylation sites is 1. The Bertz CT molecular complexity index is 1490. The van der Waals surface area contributed by atoms with Crippen LogP contribution in [-0.4, -0.2) is 45.7 Å². The van der Waals surface area contributed by atoms with Crippen LogP contribution >= 0.6 is 11.3 Å². The van der Waals surface area contributed by atoms with Crippen molar-refractivity contribution in [3.63, 3.8) is 0 Å². The molecule has 1 fully saturated rings. The molecule has 0 unspecified atom stereocenters. The number of nitrogens with one attached hydrogen (secondary N) is 2. The van der Waals surface area contributed by atoms with Crippen LogP contribution in [0.25, 0.3) is 21.6 Å². The minimum Gasteiger partial charge on any atom is -0.438 e. The zero-order valence-corrected chi connectivity index (χ0v) is 23.5. The van der Waals surface area contributed by atoms with Crippen molar-refractivity contribution in [3.8, 4) is 22.2 Å². The lowest BCUT2D eigenvalue weighted by Gasteiger charge is -2.15. The van der Waals surface area contributed by atoms with Crippen molar-refractivity contribution in [2.45, 2.75) is 38.1 Å². The number of nitrogens with zero attached hydrogens (tertiary/aromatic N) is 4. The second kappa shape index (κ2) is 13.2. The number of hydrogen-bond acceptors (Lipinski definition) is 7. The van der Waals surface area contributed by atoms with Crippen LogP contribution in [0.4, 0.5) is 0 Å². The topological polar surface area (TPSA) is 76.9 Å². The first-order chi connectivity index (χ1) is 19.8. The van der Waals surface area contributed by atoms with Gasteiger partial charge in [-0.05, 0) is 81.9 Å². The third-order valence-corrected chi connectivity index (χ3v) is 8.51. The van der Waals surface area contributed by atoms with E-state index >= 15 is 0 Å². The Morgan fingerprint density at radius 3 is 2.65 bits per heavy atom. The van der Waals surface area contributed by atoms with E-state index in [0.29, 0.717) is 17.8 Å². The van der Waals surface area contributed by atoms with Gasteiger partial charge in [0, 0.05) is 29.4 Å². The Labute approximate surface area is 239 Å². The van der Waals surface area contributed by atoms with Crippen LogP contribution in [0, 0.1) is 5.92 Å². The molecular weight excluding hydrogens is 516 g/mol. The van der Waals surface area contributed by atoms with Crippen molar-refractivity contribution in [2.75, 3.05) is 26.2 Å². The maximum atomic E-state index is 5.96. The van der Waals surface area contributed by atoms with Crippen molar-refractivity contribution in [2.24, 2.45) is 5.92 Å². The molecule has 0 saturated heterocycles. The van der Waals surface area contributed by atoms with Crippen LogP contribution in [0.2, 0.25) is 0 Å². The molecule has 0 radical (unpaired) electrons. The Kier molecular flexibility index (Phi) is 8.77. The number of fused-ring (bicyclic) bond motifs is 1. The fourth-order valence-electron chi connectivity index (χ4n) is 5.61. The van der Waals surface area contributed by atoms with E-state index in [2.05, 4.69) is 61.7 Å². The van der Waals surface area contributed by atoms with E-state index in [4.69, 9.17) is 9.72 Å². The normalized spacial score (nSPS) is 17.0. The van der Waals surface area contributed by atoms with Crippen LogP contribution in [-0.2, 0) is 6.42 Å². The lowest BCUT2D eigenvalue weighted by molar-refractivity contribution is 0.452. The smallest absolute Gasteiger partial charge is 0.230 e. The van der Waals surface area contributed by atoms with Gasteiger partial charge >= 0.3 is 0 Å². The standard InChI is InChI=1S/C32H36N6OS/c1-3-8-24(9-4-1)14-17-33-15-7-16-34-19-25-12-13-26(18-25)38-21-29(28-20-35-23-36-31(28)38)32-37-30(22-40-32)39-27-10-5-2-6-11-27/h1-6,8-11,20-23,25-26,33-34H,7,12-19H2/t25-,26+/m1/s1. The highest BCUT2D eigenvalue weighted by molar-refractivity contribution is 7.13. The molecule has 40 heavy (non-hydrogen) atoms. The van der Waals surface area contributed by atoms with Crippen LogP contribution in [0.1, 0.15) is 37.3 Å². The summed E-state index contributed by atoms with van der Waals surface area (Å²) in [7, 11) is 0. The highest BCUT2D eigenvalue weighted by Gasteiger charge is 2.28. The quantitative estimate of drug-likeness (QED) is 0.162. The highest BCUT2D eigenvalue weighted by Crippen LogP contribution is 2.40. The van der Waals surface area contributed by atoms with Gasteiger partial charge < -0.3 is 19.9 Å². The molecule has 2 atom stereocenters. The lowest BCUT2D eigenvalue weighted by Crippen LogP contribution is -2.26. The van der Waals surface area contributed by atoms with Crippen LogP contribution < -0.4 is 15.4 Å². The number of benzene rings is 2. The number of thiazole rings is 1. The largest absolute Gasteiger partial charge is 0.438 e. The van der Waals surface area contributed by atoms with Crippen LogP contribution in [0.3, 0.4) is 0 Å². The molecule has 3 heterocycles. The third kappa shape index (κ3) is 6.58. The second-order valence-corrected chi connectivity index (χ2v) is 11.4. The molecule has 2 aromatic carbocycles. The molecule has 0 spiro atoms. The molecule has 3 aromatic heterocycles. The number of aromatic nitrogens is 4. The minimum absolute atomic E-state index is 0.442. The lowest BCUT2D eigenvalue weighted by atomic mass is 10.1. The monoisotopic (exact) mass is 552 g/mol. The Balaban J connectivity index is 1.00. The van der Waals surface area contributed by atoms with Gasteiger partial charge in [-0.15, -0.1) is 11.3 Å². The summed E-state index contributed by atoms with van der Waals surface area (Å²) in [6, 6.07) is 20.9. The van der Waals surface area contributed by atoms with E-state index < -0.39 is 0 Å². The van der Waals surface area contributed by atoms with Crippen LogP contribution in [0.5, 0.6) is 11.6 Å². The summed E-state index contributed by atoms with van der Waals surface area (Å²) in [5, 5.41) is 11.2. The summed E-state index contributed by atoms with van der Waals surface area (Å²) < 4.78 is 8.32. The minimum atomic E-state index is 0.442. The number of hydrogen-bond donors (Lipinski definition) is 2. The highest BCUT2D eigenvalue weighted by atomic mass is 32.1. The van der Waals surface area contributed by atoms with Gasteiger partial charge in [0.05, 0.1) is 5.38 Å². The fraction of sp³-hybridized carbons (Fsp3) is 0.344. The molecule has 206 valence electrons. The third-order valence-electron chi connectivity index (χ3n) is 7.65. The molecule has 0 bridgehead atoms. The van der Waals surface area contributed by atoms with Gasteiger partial charge in [0.25, 0.3) is 0 Å². The van der Waals surface area contributed by atoms with Gasteiger partial charge in [0.15, 0.2) is 0 Å². The molecule has 6 rings (SSSR count). The molecule has 1 saturated carbocycles. The van der Waals surface area contributed by atoms with E-state index in [1.165, 1.54) is 18.4 Å². The molecule has 2 N–H and O–H groups in total. The Morgan fingerprint density at radius 2 is 1.77 bits per heavy atom. The molecular formula is C32H36N6OS. The summed E-state index contributed by atoms with van der Waals surface area (Å²) >= 11 is 1.59. The van der Waals surface area contributed by atoms with Crippen molar-refractivity contribution in [3.05, 3.63) is 90.3 Å². The molecule has 1 aliphatic rings. The first-order valence-electron chi connectivity index (χ1n) is 14.3. The van der Waals surface area contributed by atoms with E-state index in [-0.39, 0.29) is 0 Å². The first-order valence-corrected chi connectivity index (χ1v) is 15.2. The number of rotatable bonds is 13. The predicted octanol–water partition coefficient (Wildman–Crippen LogP) is 6.50. The van der Waals surface area contributed by atoms with Crippen molar-refractivity contribution in [1.29, 1.82) is 0 Å². The van der Waals surface area contributed by atoms with Gasteiger partial charge in [-0.2, -0.15) is 0 Å².